The molecule has 0 bridgehead atoms. The zero-order valence-corrected chi connectivity index (χ0v) is 12.0. The van der Waals surface area contributed by atoms with E-state index in [4.69, 9.17) is 4.74 Å². The molecule has 0 radical (unpaired) electrons. The number of ether oxygens (including phenoxy) is 2. The molecule has 0 aliphatic carbocycles. The van der Waals surface area contributed by atoms with Crippen molar-refractivity contribution in [2.24, 2.45) is 5.92 Å². The molecule has 1 saturated heterocycles. The summed E-state index contributed by atoms with van der Waals surface area (Å²) >= 11 is 0. The molecule has 1 fully saturated rings. The lowest BCUT2D eigenvalue weighted by Crippen LogP contribution is -2.49. The molecule has 0 aromatic heterocycles. The van der Waals surface area contributed by atoms with Gasteiger partial charge < -0.3 is 9.47 Å². The Hall–Kier alpha value is -1.80. The Morgan fingerprint density at radius 1 is 1.24 bits per heavy atom. The molecule has 1 aliphatic heterocycles. The normalized spacial score (nSPS) is 23.2. The van der Waals surface area contributed by atoms with Gasteiger partial charge in [0.1, 0.15) is 5.60 Å². The summed E-state index contributed by atoms with van der Waals surface area (Å²) < 4.78 is 47.9. The Balaban J connectivity index is 3.13. The Morgan fingerprint density at radius 2 is 1.76 bits per heavy atom. The molecule has 0 aromatic rings. The summed E-state index contributed by atoms with van der Waals surface area (Å²) in [6, 6.07) is -2.06. The van der Waals surface area contributed by atoms with E-state index in [9.17, 15) is 27.6 Å². The molecule has 120 valence electrons. The molecule has 0 aromatic carbocycles. The van der Waals surface area contributed by atoms with Crippen molar-refractivity contribution in [3.05, 3.63) is 0 Å². The number of imide groups is 1. The Morgan fingerprint density at radius 3 is 2.14 bits per heavy atom. The molecular formula is C12H16F3NO5. The van der Waals surface area contributed by atoms with Crippen LogP contribution in [0.2, 0.25) is 0 Å². The van der Waals surface area contributed by atoms with Crippen LogP contribution in [0.25, 0.3) is 0 Å². The fourth-order valence-electron chi connectivity index (χ4n) is 1.94. The average molecular weight is 311 g/mol. The average Bonchev–Trinajstić information content (AvgIpc) is 2.63. The number of likely N-dealkylation sites (tertiary alicyclic amines) is 1. The van der Waals surface area contributed by atoms with Gasteiger partial charge in [-0.2, -0.15) is 13.2 Å². The van der Waals surface area contributed by atoms with Crippen molar-refractivity contribution in [2.45, 2.75) is 45.0 Å². The van der Waals surface area contributed by atoms with Crippen molar-refractivity contribution in [3.8, 4) is 0 Å². The lowest BCUT2D eigenvalue weighted by Gasteiger charge is -2.28. The van der Waals surface area contributed by atoms with E-state index in [1.807, 2.05) is 0 Å². The first-order valence-electron chi connectivity index (χ1n) is 6.08. The first-order chi connectivity index (χ1) is 9.38. The van der Waals surface area contributed by atoms with Gasteiger partial charge in [0.2, 0.25) is 5.91 Å². The number of halogens is 3. The van der Waals surface area contributed by atoms with E-state index >= 15 is 0 Å². The molecule has 1 rings (SSSR count). The van der Waals surface area contributed by atoms with Gasteiger partial charge in [-0.15, -0.1) is 0 Å². The van der Waals surface area contributed by atoms with Gasteiger partial charge in [0.05, 0.1) is 13.0 Å². The van der Waals surface area contributed by atoms with Crippen LogP contribution >= 0.6 is 0 Å². The van der Waals surface area contributed by atoms with Crippen molar-refractivity contribution in [1.82, 2.24) is 4.90 Å². The van der Waals surface area contributed by atoms with Crippen LogP contribution in [0, 0.1) is 5.92 Å². The molecule has 1 aliphatic rings. The maximum Gasteiger partial charge on any atom is 0.417 e. The largest absolute Gasteiger partial charge is 0.467 e. The summed E-state index contributed by atoms with van der Waals surface area (Å²) in [7, 11) is 0.881. The summed E-state index contributed by atoms with van der Waals surface area (Å²) in [4.78, 5) is 35.4. The number of esters is 1. The first-order valence-corrected chi connectivity index (χ1v) is 6.08. The van der Waals surface area contributed by atoms with E-state index < -0.39 is 48.1 Å². The third kappa shape index (κ3) is 3.85. The molecule has 9 heteroatoms. The van der Waals surface area contributed by atoms with Crippen molar-refractivity contribution < 1.29 is 37.0 Å². The highest BCUT2D eigenvalue weighted by Crippen LogP contribution is 2.39. The van der Waals surface area contributed by atoms with Crippen LogP contribution in [0.15, 0.2) is 0 Å². The number of carbonyl (C=O) groups is 3. The van der Waals surface area contributed by atoms with Gasteiger partial charge in [-0.25, -0.2) is 14.5 Å². The minimum Gasteiger partial charge on any atom is -0.467 e. The smallest absolute Gasteiger partial charge is 0.417 e. The van der Waals surface area contributed by atoms with Gasteiger partial charge in [0.25, 0.3) is 0 Å². The summed E-state index contributed by atoms with van der Waals surface area (Å²) in [5, 5.41) is 0. The molecule has 2 unspecified atom stereocenters. The van der Waals surface area contributed by atoms with Crippen LogP contribution in [0.5, 0.6) is 0 Å². The predicted octanol–water partition coefficient (Wildman–Crippen LogP) is 1.87. The lowest BCUT2D eigenvalue weighted by atomic mass is 10.00. The van der Waals surface area contributed by atoms with Crippen LogP contribution in [-0.2, 0) is 19.1 Å². The summed E-state index contributed by atoms with van der Waals surface area (Å²) in [6.45, 7) is 4.46. The third-order valence-electron chi connectivity index (χ3n) is 2.78. The number of alkyl halides is 3. The third-order valence-corrected chi connectivity index (χ3v) is 2.78. The summed E-state index contributed by atoms with van der Waals surface area (Å²) in [5.74, 6) is -4.74. The zero-order valence-electron chi connectivity index (χ0n) is 12.0. The monoisotopic (exact) mass is 311 g/mol. The maximum atomic E-state index is 12.9. The second kappa shape index (κ2) is 5.53. The quantitative estimate of drug-likeness (QED) is 0.691. The SMILES string of the molecule is COC(=O)C1C(C(F)(F)F)CC(=O)N1C(=O)OC(C)(C)C. The minimum atomic E-state index is -4.81. The molecule has 6 nitrogen and oxygen atoms in total. The molecular weight excluding hydrogens is 295 g/mol. The first kappa shape index (κ1) is 17.3. The second-order valence-electron chi connectivity index (χ2n) is 5.56. The van der Waals surface area contributed by atoms with Crippen LogP contribution in [0.1, 0.15) is 27.2 Å². The second-order valence-corrected chi connectivity index (χ2v) is 5.56. The fraction of sp³-hybridized carbons (Fsp3) is 0.750. The van der Waals surface area contributed by atoms with Gasteiger partial charge in [0.15, 0.2) is 6.04 Å². The standard InChI is InChI=1S/C12H16F3NO5/c1-11(2,3)21-10(19)16-7(17)5-6(12(13,14)15)8(16)9(18)20-4/h6,8H,5H2,1-4H3. The van der Waals surface area contributed by atoms with E-state index in [-0.39, 0.29) is 4.90 Å². The van der Waals surface area contributed by atoms with Crippen molar-refractivity contribution in [2.75, 3.05) is 7.11 Å². The van der Waals surface area contributed by atoms with Crippen molar-refractivity contribution in [1.29, 1.82) is 0 Å². The Bertz CT molecular complexity index is 455. The Labute approximate surface area is 119 Å². The minimum absolute atomic E-state index is 0.190. The number of amides is 2. The van der Waals surface area contributed by atoms with Crippen LogP contribution in [0.3, 0.4) is 0 Å². The van der Waals surface area contributed by atoms with Gasteiger partial charge in [0, 0.05) is 6.42 Å². The number of methoxy groups -OCH3 is 1. The molecule has 0 spiro atoms. The van der Waals surface area contributed by atoms with Crippen molar-refractivity contribution >= 4 is 18.0 Å². The van der Waals surface area contributed by atoms with Gasteiger partial charge in [-0.05, 0) is 20.8 Å². The molecule has 2 atom stereocenters. The summed E-state index contributed by atoms with van der Waals surface area (Å²) in [5.41, 5.74) is -1.02. The number of rotatable bonds is 1. The molecule has 2 amide bonds. The number of nitrogens with zero attached hydrogens (tertiary/aromatic N) is 1. The number of hydrogen-bond donors (Lipinski definition) is 0. The highest BCUT2D eigenvalue weighted by Gasteiger charge is 2.59. The highest BCUT2D eigenvalue weighted by molar-refractivity contribution is 6.00. The zero-order chi connectivity index (χ0) is 16.6. The molecule has 0 N–H and O–H groups in total. The van der Waals surface area contributed by atoms with Gasteiger partial charge >= 0.3 is 18.2 Å². The lowest BCUT2D eigenvalue weighted by molar-refractivity contribution is -0.188. The predicted molar refractivity (Wildman–Crippen MR) is 63.0 cm³/mol. The van der Waals surface area contributed by atoms with Gasteiger partial charge in [-0.1, -0.05) is 0 Å². The van der Waals surface area contributed by atoms with E-state index in [2.05, 4.69) is 4.74 Å². The Kier molecular flexibility index (Phi) is 4.54. The topological polar surface area (TPSA) is 72.9 Å². The number of carbonyl (C=O) groups excluding carboxylic acids is 3. The molecule has 21 heavy (non-hydrogen) atoms. The van der Waals surface area contributed by atoms with Crippen LogP contribution in [-0.4, -0.2) is 47.8 Å². The van der Waals surface area contributed by atoms with Crippen LogP contribution in [0.4, 0.5) is 18.0 Å². The summed E-state index contributed by atoms with van der Waals surface area (Å²) in [6.07, 6.45) is -7.11. The molecule has 1 heterocycles. The van der Waals surface area contributed by atoms with Gasteiger partial charge in [-0.3, -0.25) is 4.79 Å². The van der Waals surface area contributed by atoms with E-state index in [0.29, 0.717) is 0 Å². The fourth-order valence-corrected chi connectivity index (χ4v) is 1.94. The van der Waals surface area contributed by atoms with Crippen molar-refractivity contribution in [3.63, 3.8) is 0 Å². The highest BCUT2D eigenvalue weighted by atomic mass is 19.4. The molecule has 0 saturated carbocycles. The maximum absolute atomic E-state index is 12.9. The van der Waals surface area contributed by atoms with Crippen LogP contribution < -0.4 is 0 Å². The van der Waals surface area contributed by atoms with E-state index in [1.165, 1.54) is 20.8 Å². The van der Waals surface area contributed by atoms with E-state index in [0.717, 1.165) is 7.11 Å². The van der Waals surface area contributed by atoms with E-state index in [1.54, 1.807) is 0 Å². The number of hydrogen-bond acceptors (Lipinski definition) is 5.